The van der Waals surface area contributed by atoms with Crippen molar-refractivity contribution in [2.45, 2.75) is 25.4 Å². The molecule has 2 heterocycles. The first-order valence-electron chi connectivity index (χ1n) is 7.17. The third-order valence-corrected chi connectivity index (χ3v) is 4.41. The highest BCUT2D eigenvalue weighted by molar-refractivity contribution is 7.99. The molecule has 3 amide bonds. The Morgan fingerprint density at radius 3 is 2.96 bits per heavy atom. The molecule has 7 nitrogen and oxygen atoms in total. The van der Waals surface area contributed by atoms with Crippen LogP contribution in [0.4, 0.5) is 4.79 Å². The standard InChI is InChI=1S/C14H19N5O2S2/c1-9(2)7-15-13(21)17-12(20)8-23-14-16-11(18-19-14)6-10-4-3-5-22-10/h3-5,9H,6-8H2,1-2H3,(H,16,18,19)(H2,15,17,20,21). The van der Waals surface area contributed by atoms with Crippen LogP contribution in [0.15, 0.2) is 22.7 Å². The fraction of sp³-hybridized carbons (Fsp3) is 0.429. The third-order valence-electron chi connectivity index (χ3n) is 2.69. The van der Waals surface area contributed by atoms with E-state index < -0.39 is 6.03 Å². The summed E-state index contributed by atoms with van der Waals surface area (Å²) >= 11 is 2.84. The van der Waals surface area contributed by atoms with E-state index in [4.69, 9.17) is 0 Å². The summed E-state index contributed by atoms with van der Waals surface area (Å²) in [6.45, 7) is 4.49. The quantitative estimate of drug-likeness (QED) is 0.661. The molecule has 0 spiro atoms. The molecule has 0 aliphatic rings. The van der Waals surface area contributed by atoms with Gasteiger partial charge in [0.05, 0.1) is 5.75 Å². The molecule has 2 aromatic rings. The van der Waals surface area contributed by atoms with Crippen LogP contribution < -0.4 is 10.6 Å². The first-order chi connectivity index (χ1) is 11.0. The third kappa shape index (κ3) is 6.41. The molecule has 0 fully saturated rings. The van der Waals surface area contributed by atoms with Gasteiger partial charge in [-0.1, -0.05) is 31.7 Å². The highest BCUT2D eigenvalue weighted by Gasteiger charge is 2.11. The number of carbonyl (C=O) groups is 2. The molecular weight excluding hydrogens is 334 g/mol. The van der Waals surface area contributed by atoms with Crippen LogP contribution in [0.25, 0.3) is 0 Å². The largest absolute Gasteiger partial charge is 0.338 e. The van der Waals surface area contributed by atoms with E-state index in [1.54, 1.807) is 11.3 Å². The lowest BCUT2D eigenvalue weighted by Gasteiger charge is -2.07. The predicted molar refractivity (Wildman–Crippen MR) is 90.6 cm³/mol. The van der Waals surface area contributed by atoms with Crippen molar-refractivity contribution in [2.75, 3.05) is 12.3 Å². The van der Waals surface area contributed by atoms with Crippen LogP contribution in [0.2, 0.25) is 0 Å². The van der Waals surface area contributed by atoms with Crippen molar-refractivity contribution >= 4 is 35.0 Å². The zero-order chi connectivity index (χ0) is 16.7. The van der Waals surface area contributed by atoms with Gasteiger partial charge in [0.15, 0.2) is 0 Å². The number of rotatable bonds is 7. The molecule has 0 unspecified atom stereocenters. The summed E-state index contributed by atoms with van der Waals surface area (Å²) < 4.78 is 0. The lowest BCUT2D eigenvalue weighted by atomic mass is 10.2. The predicted octanol–water partition coefficient (Wildman–Crippen LogP) is 2.03. The molecule has 0 radical (unpaired) electrons. The number of hydrogen-bond donors (Lipinski definition) is 3. The second-order valence-electron chi connectivity index (χ2n) is 5.26. The normalized spacial score (nSPS) is 10.7. The minimum atomic E-state index is -0.474. The van der Waals surface area contributed by atoms with Crippen molar-refractivity contribution in [3.05, 3.63) is 28.2 Å². The summed E-state index contributed by atoms with van der Waals surface area (Å²) in [4.78, 5) is 28.7. The van der Waals surface area contributed by atoms with E-state index in [2.05, 4.69) is 25.8 Å². The molecule has 0 saturated carbocycles. The Kier molecular flexibility index (Phi) is 6.60. The van der Waals surface area contributed by atoms with Crippen molar-refractivity contribution in [2.24, 2.45) is 5.92 Å². The summed E-state index contributed by atoms with van der Waals surface area (Å²) in [5.74, 6) is 0.803. The molecular formula is C14H19N5O2S2. The van der Waals surface area contributed by atoms with Crippen molar-refractivity contribution in [1.29, 1.82) is 0 Å². The second-order valence-corrected chi connectivity index (χ2v) is 7.24. The van der Waals surface area contributed by atoms with Crippen LogP contribution in [0.3, 0.4) is 0 Å². The number of urea groups is 1. The smallest absolute Gasteiger partial charge is 0.321 e. The van der Waals surface area contributed by atoms with Crippen LogP contribution in [-0.4, -0.2) is 39.4 Å². The van der Waals surface area contributed by atoms with Gasteiger partial charge < -0.3 is 5.32 Å². The van der Waals surface area contributed by atoms with Gasteiger partial charge in [-0.3, -0.25) is 15.2 Å². The minimum absolute atomic E-state index is 0.0887. The number of thioether (sulfide) groups is 1. The molecule has 0 aliphatic carbocycles. The fourth-order valence-corrected chi connectivity index (χ4v) is 2.96. The van der Waals surface area contributed by atoms with Gasteiger partial charge in [-0.05, 0) is 17.4 Å². The molecule has 0 bridgehead atoms. The van der Waals surface area contributed by atoms with Crippen LogP contribution in [-0.2, 0) is 11.2 Å². The Hall–Kier alpha value is -1.87. The van der Waals surface area contributed by atoms with E-state index >= 15 is 0 Å². The first kappa shape index (κ1) is 17.5. The van der Waals surface area contributed by atoms with E-state index in [-0.39, 0.29) is 11.7 Å². The number of nitrogens with zero attached hydrogens (tertiary/aromatic N) is 2. The molecule has 0 atom stereocenters. The number of amides is 3. The molecule has 23 heavy (non-hydrogen) atoms. The number of aromatic amines is 1. The van der Waals surface area contributed by atoms with Gasteiger partial charge in [0.2, 0.25) is 11.1 Å². The molecule has 0 saturated heterocycles. The number of H-pyrrole nitrogens is 1. The van der Waals surface area contributed by atoms with E-state index in [0.717, 1.165) is 5.82 Å². The maximum absolute atomic E-state index is 11.7. The molecule has 3 N–H and O–H groups in total. The van der Waals surface area contributed by atoms with E-state index in [1.165, 1.54) is 16.6 Å². The van der Waals surface area contributed by atoms with Gasteiger partial charge >= 0.3 is 6.03 Å². The molecule has 9 heteroatoms. The maximum Gasteiger partial charge on any atom is 0.321 e. The van der Waals surface area contributed by atoms with Gasteiger partial charge in [0.25, 0.3) is 0 Å². The summed E-state index contributed by atoms with van der Waals surface area (Å²) in [5.41, 5.74) is 0. The number of aromatic nitrogens is 3. The summed E-state index contributed by atoms with van der Waals surface area (Å²) in [6, 6.07) is 3.54. The van der Waals surface area contributed by atoms with Crippen LogP contribution >= 0.6 is 23.1 Å². The number of imide groups is 1. The highest BCUT2D eigenvalue weighted by atomic mass is 32.2. The topological polar surface area (TPSA) is 99.8 Å². The molecule has 0 aliphatic heterocycles. The number of nitrogens with one attached hydrogen (secondary N) is 3. The highest BCUT2D eigenvalue weighted by Crippen LogP contribution is 2.15. The zero-order valence-electron chi connectivity index (χ0n) is 13.0. The average Bonchev–Trinajstić information content (AvgIpc) is 3.15. The van der Waals surface area contributed by atoms with Gasteiger partial charge in [-0.15, -0.1) is 16.4 Å². The Morgan fingerprint density at radius 2 is 2.26 bits per heavy atom. The monoisotopic (exact) mass is 353 g/mol. The Balaban J connectivity index is 1.72. The summed E-state index contributed by atoms with van der Waals surface area (Å²) in [6.07, 6.45) is 0.690. The van der Waals surface area contributed by atoms with Gasteiger partial charge in [-0.2, -0.15) is 0 Å². The van der Waals surface area contributed by atoms with Gasteiger partial charge in [0, 0.05) is 17.8 Å². The van der Waals surface area contributed by atoms with Crippen molar-refractivity contribution in [3.8, 4) is 0 Å². The average molecular weight is 353 g/mol. The lowest BCUT2D eigenvalue weighted by molar-refractivity contribution is -0.117. The van der Waals surface area contributed by atoms with Crippen LogP contribution in [0, 0.1) is 5.92 Å². The minimum Gasteiger partial charge on any atom is -0.338 e. The van der Waals surface area contributed by atoms with Crippen molar-refractivity contribution in [1.82, 2.24) is 25.8 Å². The van der Waals surface area contributed by atoms with Crippen LogP contribution in [0.1, 0.15) is 24.5 Å². The number of carbonyl (C=O) groups excluding carboxylic acids is 2. The van der Waals surface area contributed by atoms with Gasteiger partial charge in [-0.25, -0.2) is 9.78 Å². The van der Waals surface area contributed by atoms with Crippen molar-refractivity contribution < 1.29 is 9.59 Å². The Morgan fingerprint density at radius 1 is 1.43 bits per heavy atom. The molecule has 2 rings (SSSR count). The fourth-order valence-electron chi connectivity index (χ4n) is 1.63. The van der Waals surface area contributed by atoms with E-state index in [9.17, 15) is 9.59 Å². The van der Waals surface area contributed by atoms with E-state index in [0.29, 0.717) is 24.0 Å². The first-order valence-corrected chi connectivity index (χ1v) is 9.03. The zero-order valence-corrected chi connectivity index (χ0v) is 14.6. The number of hydrogen-bond acceptors (Lipinski definition) is 6. The van der Waals surface area contributed by atoms with E-state index in [1.807, 2.05) is 31.4 Å². The molecule has 2 aromatic heterocycles. The van der Waals surface area contributed by atoms with Crippen molar-refractivity contribution in [3.63, 3.8) is 0 Å². The summed E-state index contributed by atoms with van der Waals surface area (Å²) in [7, 11) is 0. The maximum atomic E-state index is 11.7. The van der Waals surface area contributed by atoms with Gasteiger partial charge in [0.1, 0.15) is 5.82 Å². The Labute approximate surface area is 142 Å². The summed E-state index contributed by atoms with van der Waals surface area (Å²) in [5, 5.41) is 14.3. The molecule has 0 aromatic carbocycles. The SMILES string of the molecule is CC(C)CNC(=O)NC(=O)CSc1n[nH]c(Cc2cccs2)n1. The lowest BCUT2D eigenvalue weighted by Crippen LogP contribution is -2.41. The molecule has 124 valence electrons. The second kappa shape index (κ2) is 8.68. The number of thiophene rings is 1. The Bertz CT molecular complexity index is 639. The van der Waals surface area contributed by atoms with Crippen LogP contribution in [0.5, 0.6) is 0 Å².